The van der Waals surface area contributed by atoms with Gasteiger partial charge in [-0.3, -0.25) is 9.59 Å². The first-order valence-electron chi connectivity index (χ1n) is 14.9. The SMILES string of the molecule is CO[C@@H]1[C@H](N(C)C(=O)c2ccccc2)C[C@@H]2O[C@]1(C)n1c3ccccc3c3c4c(c5c6ccccc6n2c5c31)C(=O)NC4O. The fourth-order valence-electron chi connectivity index (χ4n) is 8.37. The number of aliphatic hydroxyl groups excluding tert-OH is 1. The van der Waals surface area contributed by atoms with Crippen molar-refractivity contribution in [3.05, 3.63) is 95.6 Å². The molecule has 5 heterocycles. The molecule has 4 aromatic carbocycles. The zero-order valence-electron chi connectivity index (χ0n) is 24.4. The van der Waals surface area contributed by atoms with Crippen molar-refractivity contribution >= 4 is 55.4 Å². The highest BCUT2D eigenvalue weighted by Gasteiger charge is 2.55. The van der Waals surface area contributed by atoms with Crippen LogP contribution in [-0.2, 0) is 15.2 Å². The molecular weight excluding hydrogens is 556 g/mol. The standard InChI is InChI=1S/C35H30N4O5/c1-35-31(43-3)23(37(2)34(42)18-11-5-4-6-12-18)17-24(44-35)38-21-15-9-7-13-19(21)25-27-28(33(41)36-32(27)40)26-20-14-8-10-16-22(20)39(35)30(26)29(25)38/h4-16,23-24,31,33,41H,17H2,1-3H3,(H,36,40)/t23-,24+,31-,33?,35+/m1/s1. The van der Waals surface area contributed by atoms with Crippen LogP contribution in [0.2, 0.25) is 0 Å². The van der Waals surface area contributed by atoms with Crippen molar-refractivity contribution in [3.63, 3.8) is 0 Å². The number of nitrogens with one attached hydrogen (secondary N) is 1. The number of fused-ring (bicyclic) bond motifs is 13. The van der Waals surface area contributed by atoms with E-state index < -0.39 is 24.3 Å². The third kappa shape index (κ3) is 2.99. The fourth-order valence-corrected chi connectivity index (χ4v) is 8.37. The van der Waals surface area contributed by atoms with Gasteiger partial charge in [-0.25, -0.2) is 0 Å². The zero-order valence-corrected chi connectivity index (χ0v) is 24.4. The first-order valence-corrected chi connectivity index (χ1v) is 14.9. The molecule has 2 amide bonds. The largest absolute Gasteiger partial charge is 0.374 e. The Morgan fingerprint density at radius 2 is 1.64 bits per heavy atom. The lowest BCUT2D eigenvalue weighted by molar-refractivity contribution is -0.264. The molecule has 9 nitrogen and oxygen atoms in total. The van der Waals surface area contributed by atoms with Crippen molar-refractivity contribution in [1.82, 2.24) is 19.4 Å². The summed E-state index contributed by atoms with van der Waals surface area (Å²) in [4.78, 5) is 29.3. The number of ether oxygens (including phenoxy) is 2. The molecule has 3 aliphatic heterocycles. The number of nitrogens with zero attached hydrogens (tertiary/aromatic N) is 3. The molecule has 0 saturated carbocycles. The van der Waals surface area contributed by atoms with E-state index in [1.807, 2.05) is 92.8 Å². The van der Waals surface area contributed by atoms with Crippen LogP contribution in [0.25, 0.3) is 43.6 Å². The van der Waals surface area contributed by atoms with Crippen LogP contribution in [0.1, 0.15) is 52.1 Å². The molecule has 6 aromatic rings. The molecule has 2 N–H and O–H groups in total. The van der Waals surface area contributed by atoms with Crippen LogP contribution in [0.5, 0.6) is 0 Å². The van der Waals surface area contributed by atoms with E-state index in [4.69, 9.17) is 9.47 Å². The maximum absolute atomic E-state index is 13.9. The molecule has 1 saturated heterocycles. The molecule has 1 unspecified atom stereocenters. The van der Waals surface area contributed by atoms with E-state index >= 15 is 0 Å². The Hall–Kier alpha value is -4.70. The molecule has 9 rings (SSSR count). The second-order valence-electron chi connectivity index (χ2n) is 12.2. The summed E-state index contributed by atoms with van der Waals surface area (Å²) in [7, 11) is 3.50. The molecule has 5 atom stereocenters. The number of amides is 2. The number of methoxy groups -OCH3 is 1. The first-order chi connectivity index (χ1) is 21.3. The molecule has 2 aromatic heterocycles. The Morgan fingerprint density at radius 3 is 2.36 bits per heavy atom. The lowest BCUT2D eigenvalue weighted by atomic mass is 9.91. The maximum atomic E-state index is 13.9. The number of carbonyl (C=O) groups is 2. The first kappa shape index (κ1) is 25.8. The van der Waals surface area contributed by atoms with Gasteiger partial charge in [-0.15, -0.1) is 0 Å². The Morgan fingerprint density at radius 1 is 0.977 bits per heavy atom. The normalized spacial score (nSPS) is 25.6. The molecule has 220 valence electrons. The van der Waals surface area contributed by atoms with Crippen LogP contribution in [0, 0.1) is 0 Å². The van der Waals surface area contributed by atoms with E-state index in [0.717, 1.165) is 43.6 Å². The number of rotatable bonds is 3. The van der Waals surface area contributed by atoms with Crippen LogP contribution < -0.4 is 5.32 Å². The quantitative estimate of drug-likeness (QED) is 0.290. The molecular formula is C35H30N4O5. The predicted molar refractivity (Wildman–Crippen MR) is 166 cm³/mol. The molecule has 2 bridgehead atoms. The molecule has 9 heteroatoms. The number of carbonyl (C=O) groups excluding carboxylic acids is 2. The highest BCUT2D eigenvalue weighted by Crippen LogP contribution is 2.55. The van der Waals surface area contributed by atoms with Crippen molar-refractivity contribution in [3.8, 4) is 0 Å². The minimum absolute atomic E-state index is 0.0961. The monoisotopic (exact) mass is 586 g/mol. The van der Waals surface area contributed by atoms with Crippen molar-refractivity contribution in [2.75, 3.05) is 14.2 Å². The van der Waals surface area contributed by atoms with Crippen LogP contribution in [0.4, 0.5) is 0 Å². The summed E-state index contributed by atoms with van der Waals surface area (Å²) in [5.41, 5.74) is 4.17. The third-order valence-electron chi connectivity index (χ3n) is 10.1. The number of aromatic nitrogens is 2. The van der Waals surface area contributed by atoms with Gasteiger partial charge in [-0.1, -0.05) is 54.6 Å². The average molecular weight is 587 g/mol. The zero-order chi connectivity index (χ0) is 30.1. The van der Waals surface area contributed by atoms with E-state index in [9.17, 15) is 14.7 Å². The second kappa shape index (κ2) is 8.69. The van der Waals surface area contributed by atoms with Crippen LogP contribution in [0.15, 0.2) is 78.9 Å². The molecule has 44 heavy (non-hydrogen) atoms. The van der Waals surface area contributed by atoms with Crippen molar-refractivity contribution in [2.24, 2.45) is 0 Å². The number of para-hydroxylation sites is 2. The summed E-state index contributed by atoms with van der Waals surface area (Å²) in [5.74, 6) is -0.393. The molecule has 0 aliphatic carbocycles. The van der Waals surface area contributed by atoms with Gasteiger partial charge in [0.2, 0.25) is 0 Å². The number of benzene rings is 4. The summed E-state index contributed by atoms with van der Waals surface area (Å²) < 4.78 is 17.9. The summed E-state index contributed by atoms with van der Waals surface area (Å²) in [5, 5.41) is 17.5. The van der Waals surface area contributed by atoms with E-state index in [0.29, 0.717) is 23.1 Å². The van der Waals surface area contributed by atoms with Gasteiger partial charge in [0.15, 0.2) is 12.0 Å². The van der Waals surface area contributed by atoms with Gasteiger partial charge in [-0.05, 0) is 31.2 Å². The van der Waals surface area contributed by atoms with Crippen LogP contribution >= 0.6 is 0 Å². The van der Waals surface area contributed by atoms with Crippen molar-refractivity contribution < 1.29 is 24.2 Å². The average Bonchev–Trinajstić information content (AvgIpc) is 3.65. The third-order valence-corrected chi connectivity index (χ3v) is 10.1. The van der Waals surface area contributed by atoms with Crippen LogP contribution in [0.3, 0.4) is 0 Å². The Balaban J connectivity index is 1.44. The van der Waals surface area contributed by atoms with Crippen molar-refractivity contribution in [1.29, 1.82) is 0 Å². The number of hydrogen-bond acceptors (Lipinski definition) is 5. The van der Waals surface area contributed by atoms with E-state index in [1.165, 1.54) is 0 Å². The highest BCUT2D eigenvalue weighted by atomic mass is 16.6. The number of aliphatic hydroxyl groups is 1. The Bertz CT molecular complexity index is 2220. The fraction of sp³-hybridized carbons (Fsp3) is 0.257. The maximum Gasteiger partial charge on any atom is 0.254 e. The topological polar surface area (TPSA) is 98.0 Å². The van der Waals surface area contributed by atoms with Gasteiger partial charge >= 0.3 is 0 Å². The summed E-state index contributed by atoms with van der Waals surface area (Å²) in [6.45, 7) is 2.03. The van der Waals surface area contributed by atoms with Crippen LogP contribution in [-0.4, -0.2) is 57.3 Å². The van der Waals surface area contributed by atoms with Gasteiger partial charge in [0, 0.05) is 53.3 Å². The number of hydrogen-bond donors (Lipinski definition) is 2. The lowest BCUT2D eigenvalue weighted by Crippen LogP contribution is -2.61. The van der Waals surface area contributed by atoms with Crippen molar-refractivity contribution in [2.45, 2.75) is 43.7 Å². The Kier molecular flexibility index (Phi) is 5.09. The number of likely N-dealkylation sites (N-methyl/N-ethyl adjacent to an activating group) is 1. The van der Waals surface area contributed by atoms with E-state index in [-0.39, 0.29) is 17.9 Å². The molecule has 1 fully saturated rings. The van der Waals surface area contributed by atoms with Gasteiger partial charge in [0.05, 0.1) is 33.7 Å². The predicted octanol–water partition coefficient (Wildman–Crippen LogP) is 5.40. The minimum atomic E-state index is -1.15. The molecule has 3 aliphatic rings. The smallest absolute Gasteiger partial charge is 0.254 e. The summed E-state index contributed by atoms with van der Waals surface area (Å²) in [6, 6.07) is 25.0. The van der Waals surface area contributed by atoms with E-state index in [2.05, 4.69) is 14.5 Å². The highest BCUT2D eigenvalue weighted by molar-refractivity contribution is 6.31. The van der Waals surface area contributed by atoms with E-state index in [1.54, 1.807) is 12.0 Å². The summed E-state index contributed by atoms with van der Waals surface area (Å²) in [6.07, 6.45) is -1.73. The van der Waals surface area contributed by atoms with Gasteiger partial charge in [-0.2, -0.15) is 0 Å². The van der Waals surface area contributed by atoms with Gasteiger partial charge in [0.1, 0.15) is 12.3 Å². The Labute approximate surface area is 252 Å². The molecule has 0 spiro atoms. The lowest BCUT2D eigenvalue weighted by Gasteiger charge is -2.50. The second-order valence-corrected chi connectivity index (χ2v) is 12.2. The summed E-state index contributed by atoms with van der Waals surface area (Å²) >= 11 is 0. The van der Waals surface area contributed by atoms with Gasteiger partial charge < -0.3 is 33.9 Å². The molecule has 0 radical (unpaired) electrons. The van der Waals surface area contributed by atoms with Gasteiger partial charge in [0.25, 0.3) is 11.8 Å². The minimum Gasteiger partial charge on any atom is -0.374 e.